The minimum atomic E-state index is 0.149. The van der Waals surface area contributed by atoms with Crippen LogP contribution in [0.15, 0.2) is 0 Å². The zero-order valence-electron chi connectivity index (χ0n) is 10.9. The molecule has 2 aliphatic rings. The van der Waals surface area contributed by atoms with Gasteiger partial charge in [0.15, 0.2) is 0 Å². The molecule has 1 aromatic rings. The number of aromatic nitrogens is 1. The van der Waals surface area contributed by atoms with Gasteiger partial charge in [-0.05, 0) is 46.2 Å². The van der Waals surface area contributed by atoms with Crippen molar-refractivity contribution in [2.24, 2.45) is 5.92 Å². The second-order valence-electron chi connectivity index (χ2n) is 5.42. The molecule has 2 bridgehead atoms. The molecule has 1 N–H and O–H groups in total. The molecule has 94 valence electrons. The molecule has 3 heterocycles. The molecule has 17 heavy (non-hydrogen) atoms. The summed E-state index contributed by atoms with van der Waals surface area (Å²) in [5.74, 6) is 0.742. The van der Waals surface area contributed by atoms with Crippen LogP contribution in [0.4, 0.5) is 0 Å². The lowest BCUT2D eigenvalue weighted by atomic mass is 9.79. The van der Waals surface area contributed by atoms with Crippen molar-refractivity contribution in [3.63, 3.8) is 0 Å². The molecule has 3 nitrogen and oxygen atoms in total. The topological polar surface area (TPSA) is 28.2 Å². The number of nitrogens with one attached hydrogen (secondary N) is 1. The van der Waals surface area contributed by atoms with Gasteiger partial charge >= 0.3 is 0 Å². The summed E-state index contributed by atoms with van der Waals surface area (Å²) in [6, 6.07) is 0. The fourth-order valence-corrected chi connectivity index (χ4v) is 4.58. The Labute approximate surface area is 107 Å². The number of fused-ring (bicyclic) bond motifs is 2. The van der Waals surface area contributed by atoms with Gasteiger partial charge in [-0.1, -0.05) is 0 Å². The van der Waals surface area contributed by atoms with E-state index in [9.17, 15) is 0 Å². The zero-order chi connectivity index (χ0) is 12.0. The second kappa shape index (κ2) is 4.04. The number of hydrogen-bond donors (Lipinski definition) is 1. The lowest BCUT2D eigenvalue weighted by Gasteiger charge is -2.41. The molecule has 2 fully saturated rings. The Morgan fingerprint density at radius 3 is 2.88 bits per heavy atom. The molecule has 0 spiro atoms. The molecule has 0 saturated carbocycles. The SMILES string of the molecule is CNC1(c2nc(C)c(C)s2)CCN2CCC1C2. The average molecular weight is 251 g/mol. The normalized spacial score (nSPS) is 36.4. The predicted molar refractivity (Wildman–Crippen MR) is 71.5 cm³/mol. The van der Waals surface area contributed by atoms with Crippen LogP contribution in [-0.2, 0) is 5.54 Å². The van der Waals surface area contributed by atoms with Crippen molar-refractivity contribution in [3.8, 4) is 0 Å². The van der Waals surface area contributed by atoms with E-state index in [2.05, 4.69) is 31.1 Å². The first-order valence-electron chi connectivity index (χ1n) is 6.51. The van der Waals surface area contributed by atoms with Crippen molar-refractivity contribution in [1.29, 1.82) is 0 Å². The van der Waals surface area contributed by atoms with E-state index < -0.39 is 0 Å². The van der Waals surface area contributed by atoms with Crippen molar-refractivity contribution in [2.75, 3.05) is 26.7 Å². The summed E-state index contributed by atoms with van der Waals surface area (Å²) in [7, 11) is 2.11. The van der Waals surface area contributed by atoms with E-state index in [0.29, 0.717) is 0 Å². The lowest BCUT2D eigenvalue weighted by molar-refractivity contribution is 0.138. The number of hydrogen-bond acceptors (Lipinski definition) is 4. The highest BCUT2D eigenvalue weighted by Crippen LogP contribution is 2.44. The van der Waals surface area contributed by atoms with Gasteiger partial charge < -0.3 is 10.2 Å². The number of nitrogens with zero attached hydrogens (tertiary/aromatic N) is 2. The molecule has 0 aliphatic carbocycles. The van der Waals surface area contributed by atoms with Crippen LogP contribution in [0, 0.1) is 19.8 Å². The summed E-state index contributed by atoms with van der Waals surface area (Å²) >= 11 is 1.89. The van der Waals surface area contributed by atoms with E-state index in [-0.39, 0.29) is 5.54 Å². The van der Waals surface area contributed by atoms with Gasteiger partial charge in [-0.2, -0.15) is 0 Å². The largest absolute Gasteiger partial charge is 0.308 e. The zero-order valence-corrected chi connectivity index (χ0v) is 11.7. The van der Waals surface area contributed by atoms with Gasteiger partial charge in [0.1, 0.15) is 5.01 Å². The van der Waals surface area contributed by atoms with Crippen molar-refractivity contribution in [3.05, 3.63) is 15.6 Å². The fourth-order valence-electron chi connectivity index (χ4n) is 3.36. The second-order valence-corrected chi connectivity index (χ2v) is 6.62. The predicted octanol–water partition coefficient (Wildman–Crippen LogP) is 1.90. The van der Waals surface area contributed by atoms with Crippen LogP contribution in [0.3, 0.4) is 0 Å². The van der Waals surface area contributed by atoms with E-state index in [4.69, 9.17) is 4.98 Å². The molecule has 3 atom stereocenters. The minimum Gasteiger partial charge on any atom is -0.308 e. The van der Waals surface area contributed by atoms with Crippen LogP contribution >= 0.6 is 11.3 Å². The Kier molecular flexibility index (Phi) is 2.76. The highest BCUT2D eigenvalue weighted by atomic mass is 32.1. The molecule has 1 aromatic heterocycles. The maximum Gasteiger partial charge on any atom is 0.114 e. The van der Waals surface area contributed by atoms with Gasteiger partial charge in [-0.15, -0.1) is 11.3 Å². The van der Waals surface area contributed by atoms with Crippen molar-refractivity contribution < 1.29 is 0 Å². The van der Waals surface area contributed by atoms with Crippen LogP contribution in [0.25, 0.3) is 0 Å². The number of piperidine rings is 1. The molecule has 2 saturated heterocycles. The van der Waals surface area contributed by atoms with E-state index in [1.165, 1.54) is 48.1 Å². The third-order valence-corrected chi connectivity index (χ3v) is 5.90. The first-order valence-corrected chi connectivity index (χ1v) is 7.33. The molecule has 0 aromatic carbocycles. The Morgan fingerprint density at radius 1 is 1.41 bits per heavy atom. The van der Waals surface area contributed by atoms with E-state index in [0.717, 1.165) is 5.92 Å². The maximum absolute atomic E-state index is 4.83. The Balaban J connectivity index is 2.01. The van der Waals surface area contributed by atoms with Gasteiger partial charge in [-0.25, -0.2) is 4.98 Å². The van der Waals surface area contributed by atoms with Crippen molar-refractivity contribution in [2.45, 2.75) is 32.2 Å². The van der Waals surface area contributed by atoms with E-state index in [1.54, 1.807) is 0 Å². The lowest BCUT2D eigenvalue weighted by Crippen LogP contribution is -2.52. The average Bonchev–Trinajstić information content (AvgIpc) is 2.87. The fraction of sp³-hybridized carbons (Fsp3) is 0.769. The minimum absolute atomic E-state index is 0.149. The quantitative estimate of drug-likeness (QED) is 0.870. The first-order chi connectivity index (χ1) is 8.15. The van der Waals surface area contributed by atoms with Gasteiger partial charge in [-0.3, -0.25) is 0 Å². The van der Waals surface area contributed by atoms with Gasteiger partial charge in [0.2, 0.25) is 0 Å². The molecule has 3 unspecified atom stereocenters. The molecular weight excluding hydrogens is 230 g/mol. The monoisotopic (exact) mass is 251 g/mol. The van der Waals surface area contributed by atoms with Crippen molar-refractivity contribution in [1.82, 2.24) is 15.2 Å². The standard InChI is InChI=1S/C13H21N3S/c1-9-10(2)17-12(15-9)13(14-3)5-7-16-6-4-11(13)8-16/h11,14H,4-8H2,1-3H3. The van der Waals surface area contributed by atoms with E-state index >= 15 is 0 Å². The molecular formula is C13H21N3S. The maximum atomic E-state index is 4.83. The van der Waals surface area contributed by atoms with Crippen LogP contribution < -0.4 is 5.32 Å². The van der Waals surface area contributed by atoms with Crippen molar-refractivity contribution >= 4 is 11.3 Å². The molecule has 0 radical (unpaired) electrons. The summed E-state index contributed by atoms with van der Waals surface area (Å²) in [5.41, 5.74) is 1.36. The first kappa shape index (κ1) is 11.6. The molecule has 0 amide bonds. The molecule has 2 aliphatic heterocycles. The van der Waals surface area contributed by atoms with Crippen LogP contribution in [0.5, 0.6) is 0 Å². The van der Waals surface area contributed by atoms with Gasteiger partial charge in [0.05, 0.1) is 11.2 Å². The number of aryl methyl sites for hydroxylation is 2. The highest BCUT2D eigenvalue weighted by molar-refractivity contribution is 7.11. The Hall–Kier alpha value is -0.450. The summed E-state index contributed by atoms with van der Waals surface area (Å²) in [6.07, 6.45) is 2.53. The smallest absolute Gasteiger partial charge is 0.114 e. The van der Waals surface area contributed by atoms with Gasteiger partial charge in [0.25, 0.3) is 0 Å². The Bertz CT molecular complexity index is 409. The molecule has 3 rings (SSSR count). The third-order valence-electron chi connectivity index (χ3n) is 4.65. The molecule has 4 heteroatoms. The highest BCUT2D eigenvalue weighted by Gasteiger charge is 2.48. The van der Waals surface area contributed by atoms with Crippen LogP contribution in [-0.4, -0.2) is 36.6 Å². The summed E-state index contributed by atoms with van der Waals surface area (Å²) in [5, 5.41) is 4.94. The van der Waals surface area contributed by atoms with Crippen LogP contribution in [0.2, 0.25) is 0 Å². The van der Waals surface area contributed by atoms with Gasteiger partial charge in [0, 0.05) is 18.0 Å². The van der Waals surface area contributed by atoms with Crippen LogP contribution in [0.1, 0.15) is 28.4 Å². The summed E-state index contributed by atoms with van der Waals surface area (Å²) in [6.45, 7) is 8.05. The third kappa shape index (κ3) is 1.65. The number of thiazole rings is 1. The summed E-state index contributed by atoms with van der Waals surface area (Å²) < 4.78 is 0. The van der Waals surface area contributed by atoms with E-state index in [1.807, 2.05) is 11.3 Å². The Morgan fingerprint density at radius 2 is 2.24 bits per heavy atom. The number of rotatable bonds is 2. The summed E-state index contributed by atoms with van der Waals surface area (Å²) in [4.78, 5) is 8.79.